The molecule has 4 N–H and O–H groups in total. The Morgan fingerprint density at radius 2 is 1.73 bits per heavy atom. The fourth-order valence-corrected chi connectivity index (χ4v) is 9.82. The Kier molecular flexibility index (Phi) is 10.4. The highest BCUT2D eigenvalue weighted by Gasteiger charge is 2.46. The first-order chi connectivity index (χ1) is 28.5. The van der Waals surface area contributed by atoms with Crippen LogP contribution >= 0.6 is 0 Å². The standard InChI is InChI=1S/C44H53FN10O4/c1-44(17-5-9-34(49-44)35-27-50(3)39(47-35)15-14-38(46-2)54-18-6-10-36(54)28-7-4-8-29(45)23-28)53-21-19-51(20-22-53)31-25-52(26-31)30-11-12-32-33(24-30)43(59)55(42(32)58)37-13-16-40(56)48-41(37)57/h4-5,7-9,11-12,14-15,17,23-24,27,31,36-39,46-47,49H,6,10,13,16,18-22,25-26H2,1-3H3,(H,48,56,57)/b15-14-/t36-,37?,38?,39?,44?/m1/s1. The number of nitrogens with one attached hydrogen (secondary N) is 4. The minimum absolute atomic E-state index is 0.0153. The molecule has 4 amide bonds. The average molecular weight is 805 g/mol. The molecule has 59 heavy (non-hydrogen) atoms. The number of likely N-dealkylation sites (tertiary alicyclic amines) is 1. The number of fused-ring (bicyclic) bond motifs is 1. The van der Waals surface area contributed by atoms with Gasteiger partial charge in [-0.15, -0.1) is 0 Å². The van der Waals surface area contributed by atoms with Crippen molar-refractivity contribution in [3.8, 4) is 0 Å². The molecule has 9 rings (SSSR count). The van der Waals surface area contributed by atoms with Gasteiger partial charge in [0.25, 0.3) is 11.8 Å². The zero-order chi connectivity index (χ0) is 41.0. The fourth-order valence-electron chi connectivity index (χ4n) is 9.82. The first-order valence-corrected chi connectivity index (χ1v) is 20.8. The van der Waals surface area contributed by atoms with Crippen LogP contribution in [0.2, 0.25) is 0 Å². The van der Waals surface area contributed by atoms with Crippen LogP contribution in [0.3, 0.4) is 0 Å². The summed E-state index contributed by atoms with van der Waals surface area (Å²) in [6.45, 7) is 8.49. The van der Waals surface area contributed by atoms with Crippen molar-refractivity contribution in [2.45, 2.75) is 68.7 Å². The van der Waals surface area contributed by atoms with Gasteiger partial charge in [-0.05, 0) is 87.4 Å². The third-order valence-electron chi connectivity index (χ3n) is 13.2. The molecule has 4 saturated heterocycles. The molecule has 0 aliphatic carbocycles. The number of nitrogens with zero attached hydrogens (tertiary/aromatic N) is 6. The lowest BCUT2D eigenvalue weighted by molar-refractivity contribution is -0.136. The van der Waals surface area contributed by atoms with E-state index in [4.69, 9.17) is 0 Å². The molecule has 4 unspecified atom stereocenters. The van der Waals surface area contributed by atoms with Gasteiger partial charge in [0.1, 0.15) is 23.7 Å². The first-order valence-electron chi connectivity index (χ1n) is 20.8. The molecule has 310 valence electrons. The number of hydrogen-bond donors (Lipinski definition) is 4. The molecule has 7 heterocycles. The van der Waals surface area contributed by atoms with E-state index in [1.54, 1.807) is 24.3 Å². The monoisotopic (exact) mass is 804 g/mol. The number of dihydropyridines is 1. The van der Waals surface area contributed by atoms with Crippen LogP contribution in [0, 0.1) is 5.82 Å². The summed E-state index contributed by atoms with van der Waals surface area (Å²) in [5, 5.41) is 13.3. The maximum absolute atomic E-state index is 14.1. The molecule has 0 aromatic heterocycles. The van der Waals surface area contributed by atoms with E-state index >= 15 is 0 Å². The number of likely N-dealkylation sites (N-methyl/N-ethyl adjacent to an activating group) is 2. The van der Waals surface area contributed by atoms with Crippen LogP contribution in [0.4, 0.5) is 10.1 Å². The molecule has 0 radical (unpaired) electrons. The third kappa shape index (κ3) is 7.34. The van der Waals surface area contributed by atoms with Gasteiger partial charge >= 0.3 is 0 Å². The molecule has 2 aromatic carbocycles. The van der Waals surface area contributed by atoms with E-state index < -0.39 is 23.8 Å². The number of carbonyl (C=O) groups excluding carboxylic acids is 4. The van der Waals surface area contributed by atoms with Crippen LogP contribution in [0.1, 0.15) is 64.9 Å². The summed E-state index contributed by atoms with van der Waals surface area (Å²) in [6, 6.07) is 11.9. The molecule has 7 aliphatic rings. The predicted octanol–water partition coefficient (Wildman–Crippen LogP) is 2.43. The molecule has 7 aliphatic heterocycles. The zero-order valence-electron chi connectivity index (χ0n) is 33.9. The number of carbonyl (C=O) groups is 4. The van der Waals surface area contributed by atoms with Gasteiger partial charge in [0, 0.05) is 83.3 Å². The highest BCUT2D eigenvalue weighted by atomic mass is 19.1. The normalized spacial score (nSPS) is 28.7. The first kappa shape index (κ1) is 39.1. The van der Waals surface area contributed by atoms with E-state index in [9.17, 15) is 23.6 Å². The summed E-state index contributed by atoms with van der Waals surface area (Å²) >= 11 is 0. The smallest absolute Gasteiger partial charge is 0.262 e. The summed E-state index contributed by atoms with van der Waals surface area (Å²) in [4.78, 5) is 63.5. The van der Waals surface area contributed by atoms with E-state index in [0.717, 1.165) is 86.2 Å². The van der Waals surface area contributed by atoms with Gasteiger partial charge in [-0.1, -0.05) is 24.3 Å². The van der Waals surface area contributed by atoms with Gasteiger partial charge in [0.05, 0.1) is 28.7 Å². The van der Waals surface area contributed by atoms with E-state index in [1.165, 1.54) is 6.07 Å². The van der Waals surface area contributed by atoms with Crippen LogP contribution < -0.4 is 26.2 Å². The van der Waals surface area contributed by atoms with Gasteiger partial charge in [0.2, 0.25) is 11.8 Å². The van der Waals surface area contributed by atoms with Crippen molar-refractivity contribution in [3.05, 3.63) is 113 Å². The lowest BCUT2D eigenvalue weighted by Crippen LogP contribution is -2.67. The average Bonchev–Trinajstić information content (AvgIpc) is 3.91. The number of piperazine rings is 1. The number of benzene rings is 2. The maximum Gasteiger partial charge on any atom is 0.262 e. The Morgan fingerprint density at radius 1 is 0.932 bits per heavy atom. The number of anilines is 1. The van der Waals surface area contributed by atoms with Crippen molar-refractivity contribution < 1.29 is 23.6 Å². The van der Waals surface area contributed by atoms with Gasteiger partial charge < -0.3 is 25.8 Å². The molecule has 5 atom stereocenters. The lowest BCUT2D eigenvalue weighted by Gasteiger charge is -2.52. The van der Waals surface area contributed by atoms with Crippen LogP contribution in [-0.2, 0) is 9.59 Å². The Morgan fingerprint density at radius 3 is 2.49 bits per heavy atom. The molecule has 0 saturated carbocycles. The summed E-state index contributed by atoms with van der Waals surface area (Å²) in [5.41, 5.74) is 4.23. The molecule has 4 fully saturated rings. The maximum atomic E-state index is 14.1. The molecular weight excluding hydrogens is 752 g/mol. The summed E-state index contributed by atoms with van der Waals surface area (Å²) in [7, 11) is 4.05. The van der Waals surface area contributed by atoms with E-state index in [2.05, 4.69) is 96.3 Å². The highest BCUT2D eigenvalue weighted by molar-refractivity contribution is 6.23. The summed E-state index contributed by atoms with van der Waals surface area (Å²) in [5.74, 6) is -2.16. The van der Waals surface area contributed by atoms with E-state index in [1.807, 2.05) is 19.2 Å². The molecule has 14 nitrogen and oxygen atoms in total. The van der Waals surface area contributed by atoms with Crippen molar-refractivity contribution in [1.29, 1.82) is 0 Å². The molecule has 0 bridgehead atoms. The van der Waals surface area contributed by atoms with E-state index in [0.29, 0.717) is 17.2 Å². The fraction of sp³-hybridized carbons (Fsp3) is 0.455. The Labute approximate surface area is 344 Å². The predicted molar refractivity (Wildman–Crippen MR) is 221 cm³/mol. The largest absolute Gasteiger partial charge is 0.368 e. The quantitative estimate of drug-likeness (QED) is 0.208. The molecule has 0 spiro atoms. The SMILES string of the molecule is CNC(/C=C\C1NC(C2=CC=CC(C)(N3CCN(C4CN(c5ccc6c(c5)C(=O)N(C5CCC(=O)NC5=O)C6=O)C4)CC3)N2)=CN1C)N1CCC[C@@H]1c1cccc(F)c1. The molecule has 15 heteroatoms. The number of piperidine rings is 1. The lowest BCUT2D eigenvalue weighted by atomic mass is 10.0. The number of halogens is 1. The highest BCUT2D eigenvalue weighted by Crippen LogP contribution is 2.35. The minimum atomic E-state index is -0.972. The molecule has 2 aromatic rings. The van der Waals surface area contributed by atoms with Crippen LogP contribution in [-0.4, -0.2) is 138 Å². The van der Waals surface area contributed by atoms with Gasteiger partial charge in [-0.25, -0.2) is 4.39 Å². The Bertz CT molecular complexity index is 2160. The van der Waals surface area contributed by atoms with Crippen LogP contribution in [0.15, 0.2) is 90.4 Å². The second-order valence-corrected chi connectivity index (χ2v) is 16.8. The second kappa shape index (κ2) is 15.7. The Balaban J connectivity index is 0.762. The topological polar surface area (TPSA) is 136 Å². The van der Waals surface area contributed by atoms with Gasteiger partial charge in [0.15, 0.2) is 0 Å². The van der Waals surface area contributed by atoms with Gasteiger partial charge in [-0.3, -0.25) is 44.1 Å². The van der Waals surface area contributed by atoms with Crippen molar-refractivity contribution in [2.24, 2.45) is 0 Å². The number of imide groups is 2. The molecular formula is C44H53FN10O4. The summed E-state index contributed by atoms with van der Waals surface area (Å²) < 4.78 is 14.1. The van der Waals surface area contributed by atoms with Crippen molar-refractivity contribution in [2.75, 3.05) is 64.8 Å². The van der Waals surface area contributed by atoms with Crippen molar-refractivity contribution in [3.63, 3.8) is 0 Å². The number of rotatable bonds is 10. The van der Waals surface area contributed by atoms with Crippen molar-refractivity contribution in [1.82, 2.24) is 45.8 Å². The van der Waals surface area contributed by atoms with E-state index in [-0.39, 0.29) is 48.6 Å². The summed E-state index contributed by atoms with van der Waals surface area (Å²) in [6.07, 6.45) is 15.4. The third-order valence-corrected chi connectivity index (χ3v) is 13.2. The Hall–Kier alpha value is -5.35. The minimum Gasteiger partial charge on any atom is -0.368 e. The van der Waals surface area contributed by atoms with Gasteiger partial charge in [-0.2, -0.15) is 0 Å². The second-order valence-electron chi connectivity index (χ2n) is 16.8. The van der Waals surface area contributed by atoms with Crippen LogP contribution in [0.25, 0.3) is 0 Å². The van der Waals surface area contributed by atoms with Crippen LogP contribution in [0.5, 0.6) is 0 Å². The number of amides is 4. The zero-order valence-corrected chi connectivity index (χ0v) is 33.9. The van der Waals surface area contributed by atoms with Crippen molar-refractivity contribution >= 4 is 29.3 Å². The number of allylic oxidation sites excluding steroid dienone is 2. The number of hydrogen-bond acceptors (Lipinski definition) is 12.